The first-order valence-corrected chi connectivity index (χ1v) is 8.03. The van der Waals surface area contributed by atoms with Gasteiger partial charge in [0, 0.05) is 23.7 Å². The van der Waals surface area contributed by atoms with Gasteiger partial charge < -0.3 is 10.6 Å². The van der Waals surface area contributed by atoms with Gasteiger partial charge >= 0.3 is 0 Å². The summed E-state index contributed by atoms with van der Waals surface area (Å²) >= 11 is 1.84. The second-order valence-corrected chi connectivity index (χ2v) is 6.60. The number of thiazole rings is 1. The predicted molar refractivity (Wildman–Crippen MR) is 76.0 cm³/mol. The van der Waals surface area contributed by atoms with E-state index >= 15 is 0 Å². The monoisotopic (exact) mass is 265 g/mol. The van der Waals surface area contributed by atoms with Crippen molar-refractivity contribution >= 4 is 11.3 Å². The van der Waals surface area contributed by atoms with E-state index in [9.17, 15) is 0 Å². The first-order valence-electron chi connectivity index (χ1n) is 7.15. The van der Waals surface area contributed by atoms with Crippen LogP contribution in [0.15, 0.2) is 5.38 Å². The molecule has 1 saturated heterocycles. The zero-order chi connectivity index (χ0) is 12.6. The van der Waals surface area contributed by atoms with Crippen molar-refractivity contribution < 1.29 is 0 Å². The molecule has 0 amide bonds. The molecule has 3 rings (SSSR count). The van der Waals surface area contributed by atoms with Crippen molar-refractivity contribution in [2.45, 2.75) is 51.1 Å². The molecule has 0 spiro atoms. The fourth-order valence-corrected chi connectivity index (χ4v) is 4.19. The molecule has 1 aromatic heterocycles. The van der Waals surface area contributed by atoms with Crippen LogP contribution in [-0.4, -0.2) is 24.1 Å². The zero-order valence-electron chi connectivity index (χ0n) is 11.3. The van der Waals surface area contributed by atoms with Gasteiger partial charge in [-0.3, -0.25) is 0 Å². The van der Waals surface area contributed by atoms with E-state index in [1.807, 2.05) is 11.3 Å². The maximum atomic E-state index is 4.81. The molecule has 0 radical (unpaired) electrons. The van der Waals surface area contributed by atoms with Gasteiger partial charge in [0.15, 0.2) is 0 Å². The normalized spacial score (nSPS) is 32.7. The summed E-state index contributed by atoms with van der Waals surface area (Å²) in [4.78, 5) is 4.81. The molecule has 1 aromatic rings. The number of nitrogens with zero attached hydrogens (tertiary/aromatic N) is 1. The van der Waals surface area contributed by atoms with Gasteiger partial charge in [-0.25, -0.2) is 4.98 Å². The van der Waals surface area contributed by atoms with Crippen LogP contribution in [0.4, 0.5) is 0 Å². The van der Waals surface area contributed by atoms with E-state index in [4.69, 9.17) is 4.98 Å². The Balaban J connectivity index is 1.94. The summed E-state index contributed by atoms with van der Waals surface area (Å²) in [7, 11) is 0. The van der Waals surface area contributed by atoms with Crippen molar-refractivity contribution in [1.82, 2.24) is 15.6 Å². The summed E-state index contributed by atoms with van der Waals surface area (Å²) < 4.78 is 0. The zero-order valence-corrected chi connectivity index (χ0v) is 12.1. The van der Waals surface area contributed by atoms with Crippen molar-refractivity contribution in [2.24, 2.45) is 5.92 Å². The molecule has 2 heterocycles. The lowest BCUT2D eigenvalue weighted by Gasteiger charge is -2.44. The van der Waals surface area contributed by atoms with Crippen LogP contribution in [0.25, 0.3) is 0 Å². The van der Waals surface area contributed by atoms with Gasteiger partial charge in [0.25, 0.3) is 0 Å². The molecular weight excluding hydrogens is 242 g/mol. The number of hydrogen-bond acceptors (Lipinski definition) is 4. The van der Waals surface area contributed by atoms with Gasteiger partial charge in [0.2, 0.25) is 0 Å². The van der Waals surface area contributed by atoms with E-state index in [0.29, 0.717) is 5.92 Å². The molecule has 2 atom stereocenters. The van der Waals surface area contributed by atoms with E-state index in [2.05, 4.69) is 29.9 Å². The molecule has 1 aliphatic carbocycles. The number of nitrogens with one attached hydrogen (secondary N) is 2. The van der Waals surface area contributed by atoms with Crippen LogP contribution >= 0.6 is 11.3 Å². The van der Waals surface area contributed by atoms with Crippen molar-refractivity contribution in [2.75, 3.05) is 13.1 Å². The van der Waals surface area contributed by atoms with Gasteiger partial charge in [-0.15, -0.1) is 11.3 Å². The van der Waals surface area contributed by atoms with Crippen molar-refractivity contribution in [3.63, 3.8) is 0 Å². The molecule has 18 heavy (non-hydrogen) atoms. The second-order valence-electron chi connectivity index (χ2n) is 5.74. The Morgan fingerprint density at radius 2 is 2.39 bits per heavy atom. The quantitative estimate of drug-likeness (QED) is 0.878. The Bertz CT molecular complexity index is 413. The van der Waals surface area contributed by atoms with Gasteiger partial charge in [-0.05, 0) is 45.1 Å². The molecule has 3 nitrogen and oxygen atoms in total. The average Bonchev–Trinajstić information content (AvgIpc) is 3.08. The number of aromatic nitrogens is 1. The smallest absolute Gasteiger partial charge is 0.113 e. The first kappa shape index (κ1) is 12.6. The molecule has 2 fully saturated rings. The number of piperidine rings is 1. The highest BCUT2D eigenvalue weighted by Crippen LogP contribution is 2.41. The lowest BCUT2D eigenvalue weighted by Crippen LogP contribution is -2.57. The Morgan fingerprint density at radius 3 is 3.00 bits per heavy atom. The standard InChI is InChI=1S/C14H23N3S/c1-3-11-8-15-7-6-14(11,17-12-4-5-12)13-16-10(2)9-18-13/h9,11-12,15,17H,3-8H2,1-2H3. The highest BCUT2D eigenvalue weighted by molar-refractivity contribution is 7.09. The molecule has 100 valence electrons. The molecule has 0 bridgehead atoms. The van der Waals surface area contributed by atoms with Crippen molar-refractivity contribution in [3.8, 4) is 0 Å². The van der Waals surface area contributed by atoms with E-state index < -0.39 is 0 Å². The van der Waals surface area contributed by atoms with Crippen LogP contribution in [0.5, 0.6) is 0 Å². The number of aryl methyl sites for hydroxylation is 1. The summed E-state index contributed by atoms with van der Waals surface area (Å²) in [5.74, 6) is 0.664. The van der Waals surface area contributed by atoms with E-state index in [-0.39, 0.29) is 5.54 Å². The predicted octanol–water partition coefficient (Wildman–Crippen LogP) is 2.42. The molecule has 1 aliphatic heterocycles. The van der Waals surface area contributed by atoms with Crippen LogP contribution in [0.1, 0.15) is 43.3 Å². The first-order chi connectivity index (χ1) is 8.74. The molecule has 4 heteroatoms. The molecule has 2 N–H and O–H groups in total. The van der Waals surface area contributed by atoms with Crippen LogP contribution in [0.3, 0.4) is 0 Å². The van der Waals surface area contributed by atoms with E-state index in [1.165, 1.54) is 36.4 Å². The number of rotatable bonds is 4. The minimum absolute atomic E-state index is 0.139. The topological polar surface area (TPSA) is 37.0 Å². The maximum Gasteiger partial charge on any atom is 0.113 e. The van der Waals surface area contributed by atoms with Gasteiger partial charge in [0.05, 0.1) is 5.54 Å². The third-order valence-corrected chi connectivity index (χ3v) is 5.45. The number of hydrogen-bond donors (Lipinski definition) is 2. The van der Waals surface area contributed by atoms with Gasteiger partial charge in [0.1, 0.15) is 5.01 Å². The molecule has 0 aromatic carbocycles. The molecule has 2 unspecified atom stereocenters. The van der Waals surface area contributed by atoms with E-state index in [0.717, 1.165) is 19.1 Å². The summed E-state index contributed by atoms with van der Waals surface area (Å²) in [6.45, 7) is 6.64. The third kappa shape index (κ3) is 2.22. The lowest BCUT2D eigenvalue weighted by molar-refractivity contribution is 0.146. The van der Waals surface area contributed by atoms with E-state index in [1.54, 1.807) is 0 Å². The fourth-order valence-electron chi connectivity index (χ4n) is 3.12. The SMILES string of the molecule is CCC1CNCCC1(NC1CC1)c1nc(C)cs1. The lowest BCUT2D eigenvalue weighted by atomic mass is 9.77. The Kier molecular flexibility index (Phi) is 3.43. The molecule has 2 aliphatic rings. The summed E-state index contributed by atoms with van der Waals surface area (Å²) in [5.41, 5.74) is 1.31. The second kappa shape index (κ2) is 4.91. The average molecular weight is 265 g/mol. The van der Waals surface area contributed by atoms with Crippen molar-refractivity contribution in [3.05, 3.63) is 16.1 Å². The largest absolute Gasteiger partial charge is 0.316 e. The van der Waals surface area contributed by atoms with Crippen molar-refractivity contribution in [1.29, 1.82) is 0 Å². The fraction of sp³-hybridized carbons (Fsp3) is 0.786. The third-order valence-electron chi connectivity index (χ3n) is 4.32. The Hall–Kier alpha value is -0.450. The highest BCUT2D eigenvalue weighted by Gasteiger charge is 2.46. The van der Waals surface area contributed by atoms with Crippen LogP contribution < -0.4 is 10.6 Å². The summed E-state index contributed by atoms with van der Waals surface area (Å²) in [6, 6.07) is 0.737. The highest BCUT2D eigenvalue weighted by atomic mass is 32.1. The molecular formula is C14H23N3S. The van der Waals surface area contributed by atoms with Crippen LogP contribution in [-0.2, 0) is 5.54 Å². The van der Waals surface area contributed by atoms with Crippen LogP contribution in [0, 0.1) is 12.8 Å². The van der Waals surface area contributed by atoms with Crippen LogP contribution in [0.2, 0.25) is 0 Å². The van der Waals surface area contributed by atoms with Gasteiger partial charge in [-0.2, -0.15) is 0 Å². The summed E-state index contributed by atoms with van der Waals surface area (Å²) in [5, 5.41) is 11.0. The summed E-state index contributed by atoms with van der Waals surface area (Å²) in [6.07, 6.45) is 5.08. The van der Waals surface area contributed by atoms with Gasteiger partial charge in [-0.1, -0.05) is 6.92 Å². The maximum absolute atomic E-state index is 4.81. The minimum Gasteiger partial charge on any atom is -0.316 e. The Labute approximate surface area is 113 Å². The minimum atomic E-state index is 0.139. The Morgan fingerprint density at radius 1 is 1.56 bits per heavy atom. The molecule has 1 saturated carbocycles.